The van der Waals surface area contributed by atoms with Crippen LogP contribution in [0.15, 0.2) is 40.0 Å². The van der Waals surface area contributed by atoms with Gasteiger partial charge in [0.15, 0.2) is 9.84 Å². The molecule has 2 aromatic rings. The number of nitro groups is 1. The Balaban J connectivity index is 2.66. The zero-order valence-corrected chi connectivity index (χ0v) is 12.1. The van der Waals surface area contributed by atoms with Gasteiger partial charge in [-0.25, -0.2) is 13.1 Å². The molecule has 1 heterocycles. The number of aromatic nitrogens is 2. The summed E-state index contributed by atoms with van der Waals surface area (Å²) >= 11 is 3.19. The van der Waals surface area contributed by atoms with Crippen LogP contribution in [0.3, 0.4) is 0 Å². The number of sulfone groups is 1. The highest BCUT2D eigenvalue weighted by molar-refractivity contribution is 9.10. The minimum Gasteiger partial charge on any atom is -0.258 e. The van der Waals surface area contributed by atoms with Crippen LogP contribution in [-0.2, 0) is 9.84 Å². The van der Waals surface area contributed by atoms with Crippen LogP contribution in [0.1, 0.15) is 0 Å². The number of hydrogen-bond acceptors (Lipinski definition) is 5. The van der Waals surface area contributed by atoms with Crippen molar-refractivity contribution in [2.24, 2.45) is 0 Å². The van der Waals surface area contributed by atoms with E-state index in [1.165, 1.54) is 23.0 Å². The minimum atomic E-state index is -3.50. The first-order chi connectivity index (χ1) is 8.79. The topological polar surface area (TPSA) is 95.1 Å². The van der Waals surface area contributed by atoms with Crippen molar-refractivity contribution < 1.29 is 13.3 Å². The van der Waals surface area contributed by atoms with E-state index < -0.39 is 14.8 Å². The van der Waals surface area contributed by atoms with Crippen LogP contribution in [0.25, 0.3) is 5.69 Å². The third-order valence-corrected chi connectivity index (χ3v) is 3.89. The summed E-state index contributed by atoms with van der Waals surface area (Å²) in [7, 11) is -3.50. The molecule has 0 spiro atoms. The van der Waals surface area contributed by atoms with E-state index in [2.05, 4.69) is 21.0 Å². The van der Waals surface area contributed by atoms with Gasteiger partial charge in [-0.3, -0.25) is 10.1 Å². The van der Waals surface area contributed by atoms with Gasteiger partial charge < -0.3 is 0 Å². The molecule has 0 bridgehead atoms. The molecule has 100 valence electrons. The van der Waals surface area contributed by atoms with Gasteiger partial charge in [0, 0.05) is 18.5 Å². The van der Waals surface area contributed by atoms with Crippen molar-refractivity contribution in [3.05, 3.63) is 45.2 Å². The van der Waals surface area contributed by atoms with Gasteiger partial charge in [-0.2, -0.15) is 5.10 Å². The highest BCUT2D eigenvalue weighted by Gasteiger charge is 2.20. The monoisotopic (exact) mass is 345 g/mol. The normalized spacial score (nSPS) is 11.5. The number of hydrogen-bond donors (Lipinski definition) is 0. The molecular formula is C10H8BrN3O4S. The molecule has 7 nitrogen and oxygen atoms in total. The van der Waals surface area contributed by atoms with Crippen LogP contribution in [0, 0.1) is 10.1 Å². The van der Waals surface area contributed by atoms with E-state index in [1.807, 2.05) is 0 Å². The Morgan fingerprint density at radius 1 is 1.42 bits per heavy atom. The van der Waals surface area contributed by atoms with Crippen LogP contribution < -0.4 is 0 Å². The largest absolute Gasteiger partial charge is 0.296 e. The Hall–Kier alpha value is -1.74. The molecule has 19 heavy (non-hydrogen) atoms. The first-order valence-electron chi connectivity index (χ1n) is 4.98. The first kappa shape index (κ1) is 13.7. The Kier molecular flexibility index (Phi) is 3.42. The quantitative estimate of drug-likeness (QED) is 0.625. The van der Waals surface area contributed by atoms with E-state index in [9.17, 15) is 18.5 Å². The fourth-order valence-electron chi connectivity index (χ4n) is 1.51. The summed E-state index contributed by atoms with van der Waals surface area (Å²) in [6.07, 6.45) is 4.02. The number of halogens is 1. The lowest BCUT2D eigenvalue weighted by Crippen LogP contribution is -2.04. The van der Waals surface area contributed by atoms with Crippen molar-refractivity contribution >= 4 is 31.5 Å². The molecule has 9 heteroatoms. The molecular weight excluding hydrogens is 338 g/mol. The zero-order chi connectivity index (χ0) is 14.2. The summed E-state index contributed by atoms with van der Waals surface area (Å²) in [5.74, 6) is 0. The highest BCUT2D eigenvalue weighted by atomic mass is 79.9. The molecule has 1 aromatic carbocycles. The summed E-state index contributed by atoms with van der Waals surface area (Å²) in [6, 6.07) is 3.70. The Morgan fingerprint density at radius 2 is 2.11 bits per heavy atom. The van der Waals surface area contributed by atoms with Crippen molar-refractivity contribution in [3.63, 3.8) is 0 Å². The van der Waals surface area contributed by atoms with E-state index >= 15 is 0 Å². The summed E-state index contributed by atoms with van der Waals surface area (Å²) in [6.45, 7) is 0. The lowest BCUT2D eigenvalue weighted by atomic mass is 10.2. The lowest BCUT2D eigenvalue weighted by Gasteiger charge is -2.04. The maximum atomic E-state index is 11.4. The molecule has 0 saturated carbocycles. The Morgan fingerprint density at radius 3 is 2.58 bits per heavy atom. The van der Waals surface area contributed by atoms with Crippen molar-refractivity contribution in [1.82, 2.24) is 9.78 Å². The Bertz CT molecular complexity index is 754. The number of benzene rings is 1. The fourth-order valence-corrected chi connectivity index (χ4v) is 2.43. The molecule has 0 saturated heterocycles. The zero-order valence-electron chi connectivity index (χ0n) is 9.65. The van der Waals surface area contributed by atoms with E-state index in [4.69, 9.17) is 0 Å². The SMILES string of the molecule is CS(=O)(=O)c1ccc(-n2cc(Br)cn2)c([N+](=O)[O-])c1. The predicted octanol–water partition coefficient (Wildman–Crippen LogP) is 1.95. The minimum absolute atomic E-state index is 0.103. The average molecular weight is 346 g/mol. The van der Waals surface area contributed by atoms with Gasteiger partial charge in [-0.15, -0.1) is 0 Å². The number of nitrogens with zero attached hydrogens (tertiary/aromatic N) is 3. The predicted molar refractivity (Wildman–Crippen MR) is 71.0 cm³/mol. The van der Waals surface area contributed by atoms with Crippen molar-refractivity contribution in [2.45, 2.75) is 4.90 Å². The smallest absolute Gasteiger partial charge is 0.258 e. The van der Waals surface area contributed by atoms with Gasteiger partial charge in [0.2, 0.25) is 0 Å². The molecule has 0 atom stereocenters. The van der Waals surface area contributed by atoms with Gasteiger partial charge in [0.1, 0.15) is 5.69 Å². The number of rotatable bonds is 3. The van der Waals surface area contributed by atoms with E-state index in [1.54, 1.807) is 6.20 Å². The molecule has 0 radical (unpaired) electrons. The third-order valence-electron chi connectivity index (χ3n) is 2.37. The molecule has 0 aliphatic heterocycles. The van der Waals surface area contributed by atoms with Gasteiger partial charge in [-0.1, -0.05) is 0 Å². The number of nitro benzene ring substituents is 1. The molecule has 2 rings (SSSR count). The Labute approximate surface area is 117 Å². The van der Waals surface area contributed by atoms with Crippen LogP contribution in [0.5, 0.6) is 0 Å². The summed E-state index contributed by atoms with van der Waals surface area (Å²) in [5, 5.41) is 15.0. The second-order valence-electron chi connectivity index (χ2n) is 3.78. The van der Waals surface area contributed by atoms with Crippen LogP contribution in [0.4, 0.5) is 5.69 Å². The van der Waals surface area contributed by atoms with Gasteiger partial charge in [-0.05, 0) is 28.1 Å². The second kappa shape index (κ2) is 4.74. The lowest BCUT2D eigenvalue weighted by molar-refractivity contribution is -0.384. The third kappa shape index (κ3) is 2.82. The summed E-state index contributed by atoms with van der Waals surface area (Å²) in [4.78, 5) is 10.3. The van der Waals surface area contributed by atoms with Gasteiger partial charge in [0.05, 0.1) is 20.5 Å². The summed E-state index contributed by atoms with van der Waals surface area (Å²) < 4.78 is 24.8. The molecule has 0 fully saturated rings. The van der Waals surface area contributed by atoms with E-state index in [-0.39, 0.29) is 16.3 Å². The molecule has 1 aromatic heterocycles. The van der Waals surface area contributed by atoms with Crippen molar-refractivity contribution in [3.8, 4) is 5.69 Å². The maximum absolute atomic E-state index is 11.4. The molecule has 0 amide bonds. The highest BCUT2D eigenvalue weighted by Crippen LogP contribution is 2.26. The van der Waals surface area contributed by atoms with Crippen LogP contribution in [-0.4, -0.2) is 29.4 Å². The first-order valence-corrected chi connectivity index (χ1v) is 7.66. The van der Waals surface area contributed by atoms with Gasteiger partial charge >= 0.3 is 0 Å². The second-order valence-corrected chi connectivity index (χ2v) is 6.71. The van der Waals surface area contributed by atoms with Crippen LogP contribution >= 0.6 is 15.9 Å². The fraction of sp³-hybridized carbons (Fsp3) is 0.100. The van der Waals surface area contributed by atoms with E-state index in [0.717, 1.165) is 12.3 Å². The van der Waals surface area contributed by atoms with Crippen molar-refractivity contribution in [1.29, 1.82) is 0 Å². The molecule has 0 N–H and O–H groups in total. The van der Waals surface area contributed by atoms with Crippen molar-refractivity contribution in [2.75, 3.05) is 6.26 Å². The summed E-state index contributed by atoms with van der Waals surface area (Å²) in [5.41, 5.74) is -0.123. The van der Waals surface area contributed by atoms with E-state index in [0.29, 0.717) is 4.47 Å². The molecule has 0 aliphatic carbocycles. The standard InChI is InChI=1S/C10H8BrN3O4S/c1-19(17,18)8-2-3-9(10(4-8)14(15)16)13-6-7(11)5-12-13/h2-6H,1H3. The maximum Gasteiger partial charge on any atom is 0.296 e. The van der Waals surface area contributed by atoms with Crippen LogP contribution in [0.2, 0.25) is 0 Å². The molecule has 0 aliphatic rings. The average Bonchev–Trinajstić information content (AvgIpc) is 2.73. The van der Waals surface area contributed by atoms with Gasteiger partial charge in [0.25, 0.3) is 5.69 Å². The molecule has 0 unspecified atom stereocenters.